The van der Waals surface area contributed by atoms with Crippen molar-refractivity contribution < 1.29 is 19.1 Å². The number of aromatic amines is 1. The Balaban J connectivity index is 1.57. The molecule has 0 fully saturated rings. The minimum absolute atomic E-state index is 0.192. The Morgan fingerprint density at radius 2 is 2.03 bits per heavy atom. The van der Waals surface area contributed by atoms with E-state index >= 15 is 0 Å². The van der Waals surface area contributed by atoms with E-state index in [2.05, 4.69) is 25.3 Å². The first-order valence-electron chi connectivity index (χ1n) is 8.13. The molecule has 150 valence electrons. The molecule has 2 amide bonds. The van der Waals surface area contributed by atoms with Gasteiger partial charge in [0.2, 0.25) is 5.91 Å². The zero-order valence-electron chi connectivity index (χ0n) is 14.9. The van der Waals surface area contributed by atoms with Crippen LogP contribution in [-0.4, -0.2) is 41.4 Å². The van der Waals surface area contributed by atoms with Gasteiger partial charge in [-0.3, -0.25) is 9.59 Å². The number of amides is 2. The predicted molar refractivity (Wildman–Crippen MR) is 111 cm³/mol. The Kier molecular flexibility index (Phi) is 6.53. The van der Waals surface area contributed by atoms with E-state index in [1.807, 2.05) is 0 Å². The summed E-state index contributed by atoms with van der Waals surface area (Å²) in [6, 6.07) is 6.06. The van der Waals surface area contributed by atoms with Crippen molar-refractivity contribution in [1.29, 1.82) is 0 Å². The molecule has 11 heteroatoms. The summed E-state index contributed by atoms with van der Waals surface area (Å²) in [5.74, 6) is -1.44. The van der Waals surface area contributed by atoms with Gasteiger partial charge in [-0.05, 0) is 24.3 Å². The van der Waals surface area contributed by atoms with Gasteiger partial charge in [-0.1, -0.05) is 23.2 Å². The van der Waals surface area contributed by atoms with Gasteiger partial charge >= 0.3 is 5.97 Å². The molecule has 29 heavy (non-hydrogen) atoms. The molecule has 1 aromatic carbocycles. The molecule has 0 atom stereocenters. The third kappa shape index (κ3) is 5.14. The lowest BCUT2D eigenvalue weighted by Crippen LogP contribution is -2.33. The van der Waals surface area contributed by atoms with Gasteiger partial charge in [-0.2, -0.15) is 0 Å². The number of methoxy groups -OCH3 is 1. The Bertz CT molecular complexity index is 1080. The first kappa shape index (κ1) is 20.8. The van der Waals surface area contributed by atoms with Crippen LogP contribution in [0.1, 0.15) is 20.8 Å². The summed E-state index contributed by atoms with van der Waals surface area (Å²) < 4.78 is 4.64. The number of nitrogens with zero attached hydrogens (tertiary/aromatic N) is 1. The van der Waals surface area contributed by atoms with Crippen molar-refractivity contribution in [2.45, 2.75) is 0 Å². The monoisotopic (exact) mass is 452 g/mol. The lowest BCUT2D eigenvalue weighted by atomic mass is 10.2. The number of halogens is 2. The predicted octanol–water partition coefficient (Wildman–Crippen LogP) is 3.60. The van der Waals surface area contributed by atoms with E-state index < -0.39 is 17.8 Å². The minimum atomic E-state index is -0.496. The summed E-state index contributed by atoms with van der Waals surface area (Å²) in [6.07, 6.45) is 1.61. The number of aromatic nitrogens is 2. The molecule has 2 aromatic heterocycles. The average molecular weight is 453 g/mol. The molecule has 0 bridgehead atoms. The number of carbonyl (C=O) groups is 3. The molecular weight excluding hydrogens is 439 g/mol. The molecule has 3 N–H and O–H groups in total. The quantitative estimate of drug-likeness (QED) is 0.494. The number of nitrogens with one attached hydrogen (secondary N) is 3. The molecule has 0 saturated heterocycles. The molecule has 0 radical (unpaired) electrons. The number of esters is 1. The molecule has 3 rings (SSSR count). The van der Waals surface area contributed by atoms with Crippen molar-refractivity contribution in [3.05, 3.63) is 57.1 Å². The highest BCUT2D eigenvalue weighted by molar-refractivity contribution is 7.14. The van der Waals surface area contributed by atoms with E-state index in [1.165, 1.54) is 36.6 Å². The lowest BCUT2D eigenvalue weighted by Gasteiger charge is -2.06. The van der Waals surface area contributed by atoms with Gasteiger partial charge < -0.3 is 20.4 Å². The molecular formula is C18H14Cl2N4O4S. The van der Waals surface area contributed by atoms with Crippen LogP contribution in [0.15, 0.2) is 35.8 Å². The van der Waals surface area contributed by atoms with E-state index in [1.54, 1.807) is 17.6 Å². The summed E-state index contributed by atoms with van der Waals surface area (Å²) >= 11 is 13.0. The maximum Gasteiger partial charge on any atom is 0.354 e. The Morgan fingerprint density at radius 3 is 2.76 bits per heavy atom. The van der Waals surface area contributed by atoms with Crippen LogP contribution in [0.3, 0.4) is 0 Å². The van der Waals surface area contributed by atoms with Crippen molar-refractivity contribution in [3.63, 3.8) is 0 Å². The van der Waals surface area contributed by atoms with Crippen molar-refractivity contribution in [1.82, 2.24) is 15.3 Å². The number of H-pyrrole nitrogens is 1. The van der Waals surface area contributed by atoms with E-state index in [-0.39, 0.29) is 17.1 Å². The number of anilines is 1. The highest BCUT2D eigenvalue weighted by Crippen LogP contribution is 2.25. The normalized spacial score (nSPS) is 10.4. The molecule has 0 unspecified atom stereocenters. The number of ether oxygens (including phenoxy) is 1. The van der Waals surface area contributed by atoms with E-state index in [4.69, 9.17) is 23.2 Å². The summed E-state index contributed by atoms with van der Waals surface area (Å²) in [5, 5.41) is 7.76. The lowest BCUT2D eigenvalue weighted by molar-refractivity contribution is -0.115. The second-order valence-electron chi connectivity index (χ2n) is 5.69. The molecule has 0 saturated carbocycles. The first-order valence-corrected chi connectivity index (χ1v) is 9.76. The molecule has 0 aliphatic carbocycles. The number of carbonyl (C=O) groups excluding carboxylic acids is 3. The Labute approximate surface area is 179 Å². The Morgan fingerprint density at radius 1 is 1.24 bits per heavy atom. The van der Waals surface area contributed by atoms with Crippen LogP contribution in [0.5, 0.6) is 0 Å². The zero-order valence-corrected chi connectivity index (χ0v) is 17.2. The van der Waals surface area contributed by atoms with Gasteiger partial charge in [-0.25, -0.2) is 9.78 Å². The van der Waals surface area contributed by atoms with Crippen LogP contribution in [0.4, 0.5) is 5.13 Å². The van der Waals surface area contributed by atoms with Crippen molar-refractivity contribution >= 4 is 57.5 Å². The molecule has 2 heterocycles. The molecule has 0 aliphatic heterocycles. The van der Waals surface area contributed by atoms with Crippen LogP contribution >= 0.6 is 34.5 Å². The number of hydrogen-bond donors (Lipinski definition) is 3. The van der Waals surface area contributed by atoms with Gasteiger partial charge in [0.25, 0.3) is 5.91 Å². The number of rotatable bonds is 6. The van der Waals surface area contributed by atoms with Gasteiger partial charge in [-0.15, -0.1) is 11.3 Å². The van der Waals surface area contributed by atoms with E-state index in [0.717, 1.165) is 0 Å². The summed E-state index contributed by atoms with van der Waals surface area (Å²) in [7, 11) is 1.29. The molecule has 0 spiro atoms. The third-order valence-corrected chi connectivity index (χ3v) is 5.03. The highest BCUT2D eigenvalue weighted by atomic mass is 35.5. The van der Waals surface area contributed by atoms with Crippen molar-refractivity contribution in [2.24, 2.45) is 0 Å². The van der Waals surface area contributed by atoms with Gasteiger partial charge in [0.05, 0.1) is 29.9 Å². The van der Waals surface area contributed by atoms with E-state index in [9.17, 15) is 14.4 Å². The van der Waals surface area contributed by atoms with Crippen LogP contribution in [0, 0.1) is 0 Å². The van der Waals surface area contributed by atoms with Crippen molar-refractivity contribution in [2.75, 3.05) is 19.0 Å². The SMILES string of the molecule is COC(=O)c1cc(-c2csc(NC(=O)CNC(=O)c3ccc(Cl)cc3Cl)n2)c[nH]1. The fourth-order valence-electron chi connectivity index (χ4n) is 2.33. The molecule has 0 aliphatic rings. The summed E-state index contributed by atoms with van der Waals surface area (Å²) in [4.78, 5) is 42.8. The largest absolute Gasteiger partial charge is 0.464 e. The van der Waals surface area contributed by atoms with Gasteiger partial charge in [0.15, 0.2) is 5.13 Å². The number of thiazole rings is 1. The topological polar surface area (TPSA) is 113 Å². The summed E-state index contributed by atoms with van der Waals surface area (Å²) in [5.41, 5.74) is 1.76. The fraction of sp³-hybridized carbons (Fsp3) is 0.111. The van der Waals surface area contributed by atoms with Crippen molar-refractivity contribution in [3.8, 4) is 11.3 Å². The molecule has 8 nitrogen and oxygen atoms in total. The Hall–Kier alpha value is -2.88. The van der Waals surface area contributed by atoms with Crippen LogP contribution < -0.4 is 10.6 Å². The zero-order chi connectivity index (χ0) is 21.0. The number of hydrogen-bond acceptors (Lipinski definition) is 6. The number of benzene rings is 1. The first-order chi connectivity index (χ1) is 13.9. The van der Waals surface area contributed by atoms with E-state index in [0.29, 0.717) is 27.1 Å². The minimum Gasteiger partial charge on any atom is -0.464 e. The van der Waals surface area contributed by atoms with Crippen LogP contribution in [-0.2, 0) is 9.53 Å². The second-order valence-corrected chi connectivity index (χ2v) is 7.39. The summed E-state index contributed by atoms with van der Waals surface area (Å²) in [6.45, 7) is -0.261. The smallest absolute Gasteiger partial charge is 0.354 e. The third-order valence-electron chi connectivity index (χ3n) is 3.72. The fourth-order valence-corrected chi connectivity index (χ4v) is 3.56. The molecule has 3 aromatic rings. The van der Waals surface area contributed by atoms with Gasteiger partial charge in [0, 0.05) is 22.2 Å². The maximum atomic E-state index is 12.1. The average Bonchev–Trinajstić information content (AvgIpc) is 3.35. The standard InChI is InChI=1S/C18H14Cl2N4O4S/c1-28-17(27)13-4-9(6-21-13)14-8-29-18(23-14)24-15(25)7-22-16(26)11-3-2-10(19)5-12(11)20/h2-6,8,21H,7H2,1H3,(H,22,26)(H,23,24,25). The highest BCUT2D eigenvalue weighted by Gasteiger charge is 2.15. The van der Waals surface area contributed by atoms with Gasteiger partial charge in [0.1, 0.15) is 5.69 Å². The second kappa shape index (κ2) is 9.08. The maximum absolute atomic E-state index is 12.1. The van der Waals surface area contributed by atoms with Crippen LogP contribution in [0.25, 0.3) is 11.3 Å². The van der Waals surface area contributed by atoms with Crippen LogP contribution in [0.2, 0.25) is 10.0 Å².